The zero-order valence-electron chi connectivity index (χ0n) is 13.1. The van der Waals surface area contributed by atoms with Gasteiger partial charge in [-0.25, -0.2) is 9.18 Å². The molecule has 1 aliphatic heterocycles. The van der Waals surface area contributed by atoms with E-state index in [-0.39, 0.29) is 18.3 Å². The molecule has 1 aromatic carbocycles. The summed E-state index contributed by atoms with van der Waals surface area (Å²) in [5.74, 6) is -0.555. The summed E-state index contributed by atoms with van der Waals surface area (Å²) in [6, 6.07) is 6.48. The van der Waals surface area contributed by atoms with Gasteiger partial charge in [-0.3, -0.25) is 4.79 Å². The van der Waals surface area contributed by atoms with Crippen molar-refractivity contribution >= 4 is 12.0 Å². The second-order valence-electron chi connectivity index (χ2n) is 5.99. The number of urea groups is 1. The maximum atomic E-state index is 12.9. The number of piperidine rings is 1. The highest BCUT2D eigenvalue weighted by Gasteiger charge is 2.22. The average molecular weight is 322 g/mol. The van der Waals surface area contributed by atoms with E-state index in [1.54, 1.807) is 4.90 Å². The Kier molecular flexibility index (Phi) is 6.38. The number of aliphatic carboxylic acids is 1. The van der Waals surface area contributed by atoms with Crippen molar-refractivity contribution in [2.24, 2.45) is 5.92 Å². The van der Waals surface area contributed by atoms with Gasteiger partial charge in [-0.05, 0) is 49.3 Å². The smallest absolute Gasteiger partial charge is 0.317 e. The molecule has 0 saturated carbocycles. The lowest BCUT2D eigenvalue weighted by Gasteiger charge is -2.32. The Morgan fingerprint density at radius 3 is 2.48 bits per heavy atom. The van der Waals surface area contributed by atoms with E-state index >= 15 is 0 Å². The van der Waals surface area contributed by atoms with E-state index in [0.29, 0.717) is 32.0 Å². The van der Waals surface area contributed by atoms with E-state index in [1.807, 2.05) is 12.1 Å². The Balaban J connectivity index is 1.67. The van der Waals surface area contributed by atoms with Crippen LogP contribution in [0.25, 0.3) is 0 Å². The summed E-state index contributed by atoms with van der Waals surface area (Å²) in [4.78, 5) is 24.2. The van der Waals surface area contributed by atoms with Crippen LogP contribution in [0, 0.1) is 11.7 Å². The van der Waals surface area contributed by atoms with Crippen molar-refractivity contribution in [1.82, 2.24) is 10.2 Å². The first-order chi connectivity index (χ1) is 11.0. The molecule has 23 heavy (non-hydrogen) atoms. The molecule has 0 unspecified atom stereocenters. The first-order valence-corrected chi connectivity index (χ1v) is 8.03. The molecule has 0 aromatic heterocycles. The summed E-state index contributed by atoms with van der Waals surface area (Å²) in [7, 11) is 0. The molecule has 126 valence electrons. The largest absolute Gasteiger partial charge is 0.481 e. The Morgan fingerprint density at radius 2 is 1.87 bits per heavy atom. The molecule has 0 atom stereocenters. The molecule has 1 aliphatic rings. The molecule has 1 heterocycles. The van der Waals surface area contributed by atoms with Gasteiger partial charge in [-0.15, -0.1) is 0 Å². The van der Waals surface area contributed by atoms with Crippen LogP contribution in [0.2, 0.25) is 0 Å². The van der Waals surface area contributed by atoms with Crippen LogP contribution in [0.5, 0.6) is 0 Å². The van der Waals surface area contributed by atoms with Gasteiger partial charge in [0.15, 0.2) is 0 Å². The number of nitrogens with one attached hydrogen (secondary N) is 1. The van der Waals surface area contributed by atoms with Gasteiger partial charge in [0.2, 0.25) is 0 Å². The maximum absolute atomic E-state index is 12.9. The number of carboxylic acid groups (broad SMARTS) is 1. The Bertz CT molecular complexity index is 525. The number of nitrogens with zero attached hydrogens (tertiary/aromatic N) is 1. The van der Waals surface area contributed by atoms with Gasteiger partial charge >= 0.3 is 12.0 Å². The lowest BCUT2D eigenvalue weighted by molar-refractivity contribution is -0.137. The molecule has 5 nitrogen and oxygen atoms in total. The zero-order chi connectivity index (χ0) is 16.7. The fraction of sp³-hybridized carbons (Fsp3) is 0.529. The number of benzene rings is 1. The molecule has 0 aliphatic carbocycles. The maximum Gasteiger partial charge on any atom is 0.317 e. The lowest BCUT2D eigenvalue weighted by Crippen LogP contribution is -2.45. The van der Waals surface area contributed by atoms with Crippen LogP contribution < -0.4 is 5.32 Å². The molecule has 1 aromatic rings. The Labute approximate surface area is 135 Å². The number of rotatable bonds is 6. The normalized spacial score (nSPS) is 15.4. The summed E-state index contributed by atoms with van der Waals surface area (Å²) in [6.07, 6.45) is 3.29. The fourth-order valence-electron chi connectivity index (χ4n) is 2.84. The predicted molar refractivity (Wildman–Crippen MR) is 84.7 cm³/mol. The van der Waals surface area contributed by atoms with Crippen LogP contribution in [-0.2, 0) is 11.2 Å². The second kappa shape index (κ2) is 8.50. The summed E-state index contributed by atoms with van der Waals surface area (Å²) in [5, 5.41) is 11.3. The van der Waals surface area contributed by atoms with Gasteiger partial charge in [0.25, 0.3) is 0 Å². The first kappa shape index (κ1) is 17.2. The SMILES string of the molecule is O=C(O)CCCNC(=O)N1CCC(Cc2ccc(F)cc2)CC1. The van der Waals surface area contributed by atoms with Crippen molar-refractivity contribution in [3.63, 3.8) is 0 Å². The summed E-state index contributed by atoms with van der Waals surface area (Å²) >= 11 is 0. The number of carboxylic acids is 1. The monoisotopic (exact) mass is 322 g/mol. The Hall–Kier alpha value is -2.11. The van der Waals surface area contributed by atoms with Gasteiger partial charge in [-0.1, -0.05) is 12.1 Å². The highest BCUT2D eigenvalue weighted by Crippen LogP contribution is 2.21. The van der Waals surface area contributed by atoms with Crippen LogP contribution in [0.1, 0.15) is 31.2 Å². The second-order valence-corrected chi connectivity index (χ2v) is 5.99. The molecule has 2 amide bonds. The van der Waals surface area contributed by atoms with Gasteiger partial charge < -0.3 is 15.3 Å². The zero-order valence-corrected chi connectivity index (χ0v) is 13.1. The van der Waals surface area contributed by atoms with Crippen LogP contribution in [-0.4, -0.2) is 41.6 Å². The van der Waals surface area contributed by atoms with Crippen molar-refractivity contribution in [2.75, 3.05) is 19.6 Å². The van der Waals surface area contributed by atoms with Gasteiger partial charge in [0.1, 0.15) is 5.82 Å². The first-order valence-electron chi connectivity index (χ1n) is 8.03. The lowest BCUT2D eigenvalue weighted by atomic mass is 9.90. The third kappa shape index (κ3) is 5.88. The minimum Gasteiger partial charge on any atom is -0.481 e. The minimum atomic E-state index is -0.846. The fourth-order valence-corrected chi connectivity index (χ4v) is 2.84. The average Bonchev–Trinajstić information content (AvgIpc) is 2.54. The van der Waals surface area contributed by atoms with Gasteiger partial charge in [-0.2, -0.15) is 0 Å². The number of amides is 2. The van der Waals surface area contributed by atoms with Crippen LogP contribution >= 0.6 is 0 Å². The summed E-state index contributed by atoms with van der Waals surface area (Å²) in [6.45, 7) is 1.80. The standard InChI is InChI=1S/C17H23FN2O3/c18-15-5-3-13(4-6-15)12-14-7-10-20(11-8-14)17(23)19-9-1-2-16(21)22/h3-6,14H,1-2,7-12H2,(H,19,23)(H,21,22). The van der Waals surface area contributed by atoms with Gasteiger partial charge in [0, 0.05) is 26.1 Å². The summed E-state index contributed by atoms with van der Waals surface area (Å²) < 4.78 is 12.9. The minimum absolute atomic E-state index is 0.0695. The molecule has 0 spiro atoms. The quantitative estimate of drug-likeness (QED) is 0.791. The molecule has 1 fully saturated rings. The van der Waals surface area contributed by atoms with E-state index in [2.05, 4.69) is 5.32 Å². The number of hydrogen-bond acceptors (Lipinski definition) is 2. The number of carbonyl (C=O) groups is 2. The molecule has 1 saturated heterocycles. The summed E-state index contributed by atoms with van der Waals surface area (Å²) in [5.41, 5.74) is 1.13. The predicted octanol–water partition coefficient (Wildman–Crippen LogP) is 2.65. The third-order valence-corrected chi connectivity index (χ3v) is 4.18. The van der Waals surface area contributed by atoms with E-state index in [1.165, 1.54) is 12.1 Å². The van der Waals surface area contributed by atoms with Crippen LogP contribution in [0.15, 0.2) is 24.3 Å². The van der Waals surface area contributed by atoms with E-state index in [9.17, 15) is 14.0 Å². The van der Waals surface area contributed by atoms with Crippen molar-refractivity contribution in [1.29, 1.82) is 0 Å². The topological polar surface area (TPSA) is 69.6 Å². The highest BCUT2D eigenvalue weighted by atomic mass is 19.1. The van der Waals surface area contributed by atoms with E-state index in [0.717, 1.165) is 24.8 Å². The van der Waals surface area contributed by atoms with Crippen molar-refractivity contribution in [3.8, 4) is 0 Å². The van der Waals surface area contributed by atoms with Crippen molar-refractivity contribution in [3.05, 3.63) is 35.6 Å². The van der Waals surface area contributed by atoms with Crippen molar-refractivity contribution < 1.29 is 19.1 Å². The van der Waals surface area contributed by atoms with Gasteiger partial charge in [0.05, 0.1) is 0 Å². The highest BCUT2D eigenvalue weighted by molar-refractivity contribution is 5.74. The number of hydrogen-bond donors (Lipinski definition) is 2. The van der Waals surface area contributed by atoms with E-state index < -0.39 is 5.97 Å². The van der Waals surface area contributed by atoms with Crippen LogP contribution in [0.4, 0.5) is 9.18 Å². The third-order valence-electron chi connectivity index (χ3n) is 4.18. The van der Waals surface area contributed by atoms with Crippen molar-refractivity contribution in [2.45, 2.75) is 32.1 Å². The number of likely N-dealkylation sites (tertiary alicyclic amines) is 1. The Morgan fingerprint density at radius 1 is 1.22 bits per heavy atom. The molecular formula is C17H23FN2O3. The van der Waals surface area contributed by atoms with Crippen LogP contribution in [0.3, 0.4) is 0 Å². The number of halogens is 1. The van der Waals surface area contributed by atoms with E-state index in [4.69, 9.17) is 5.11 Å². The molecule has 2 N–H and O–H groups in total. The molecule has 6 heteroatoms. The molecular weight excluding hydrogens is 299 g/mol. The number of carbonyl (C=O) groups excluding carboxylic acids is 1. The molecule has 0 bridgehead atoms. The molecule has 2 rings (SSSR count). The molecule has 0 radical (unpaired) electrons.